The van der Waals surface area contributed by atoms with Crippen molar-refractivity contribution in [3.05, 3.63) is 47.4 Å². The second kappa shape index (κ2) is 7.15. The molecule has 1 aromatic carbocycles. The van der Waals surface area contributed by atoms with E-state index in [9.17, 15) is 4.79 Å². The van der Waals surface area contributed by atoms with Gasteiger partial charge in [-0.15, -0.1) is 0 Å². The summed E-state index contributed by atoms with van der Waals surface area (Å²) in [6.45, 7) is 0.972. The predicted molar refractivity (Wildman–Crippen MR) is 93.4 cm³/mol. The summed E-state index contributed by atoms with van der Waals surface area (Å²) < 4.78 is 5.06. The van der Waals surface area contributed by atoms with Gasteiger partial charge in [0.2, 0.25) is 5.91 Å². The molecule has 2 aromatic rings. The van der Waals surface area contributed by atoms with E-state index in [0.717, 1.165) is 5.69 Å². The summed E-state index contributed by atoms with van der Waals surface area (Å²) in [6.07, 6.45) is 2.39. The summed E-state index contributed by atoms with van der Waals surface area (Å²) in [5, 5.41) is 0.582. The Kier molecular flexibility index (Phi) is 4.97. The van der Waals surface area contributed by atoms with Crippen molar-refractivity contribution in [3.63, 3.8) is 0 Å². The number of benzene rings is 1. The first-order chi connectivity index (χ1) is 11.6. The molecule has 7 heteroatoms. The summed E-state index contributed by atoms with van der Waals surface area (Å²) >= 11 is 6.23. The van der Waals surface area contributed by atoms with Crippen molar-refractivity contribution >= 4 is 29.0 Å². The predicted octanol–water partition coefficient (Wildman–Crippen LogP) is 2.52. The maximum absolute atomic E-state index is 12.8. The molecule has 126 valence electrons. The third-order valence-electron chi connectivity index (χ3n) is 4.11. The number of methoxy groups -OCH3 is 1. The highest BCUT2D eigenvalue weighted by atomic mass is 35.5. The van der Waals surface area contributed by atoms with E-state index in [1.165, 1.54) is 0 Å². The van der Waals surface area contributed by atoms with Gasteiger partial charge in [-0.05, 0) is 24.6 Å². The maximum atomic E-state index is 12.8. The van der Waals surface area contributed by atoms with Crippen LogP contribution in [0.1, 0.15) is 12.2 Å². The van der Waals surface area contributed by atoms with Crippen LogP contribution in [0.5, 0.6) is 0 Å². The quantitative estimate of drug-likeness (QED) is 0.832. The van der Waals surface area contributed by atoms with E-state index in [1.54, 1.807) is 30.3 Å². The lowest BCUT2D eigenvalue weighted by Gasteiger charge is -2.25. The van der Waals surface area contributed by atoms with Crippen LogP contribution in [0, 0.1) is 0 Å². The molecule has 1 aliphatic rings. The lowest BCUT2D eigenvalue weighted by molar-refractivity contribution is -0.118. The van der Waals surface area contributed by atoms with E-state index >= 15 is 0 Å². The number of hydrogen-bond acceptors (Lipinski definition) is 5. The van der Waals surface area contributed by atoms with E-state index in [0.29, 0.717) is 36.2 Å². The number of rotatable bonds is 5. The van der Waals surface area contributed by atoms with Crippen LogP contribution in [-0.4, -0.2) is 42.6 Å². The van der Waals surface area contributed by atoms with E-state index < -0.39 is 0 Å². The molecule has 1 aliphatic heterocycles. The number of carbonyl (C=O) groups excluding carboxylic acids is 1. The molecule has 0 radical (unpaired) electrons. The van der Waals surface area contributed by atoms with Crippen molar-refractivity contribution in [2.75, 3.05) is 30.5 Å². The standard InChI is InChI=1S/C17H19ClN4O2/c1-21(16-7-9-19-15(20-16)11-24-2)14-8-10-22(17(14)23)13-6-4-3-5-12(13)18/h3-7,9,14H,8,10-11H2,1-2H3. The first-order valence-corrected chi connectivity index (χ1v) is 8.09. The van der Waals surface area contributed by atoms with E-state index in [4.69, 9.17) is 16.3 Å². The molecule has 1 fully saturated rings. The number of hydrogen-bond donors (Lipinski definition) is 0. The summed E-state index contributed by atoms with van der Waals surface area (Å²) in [6, 6.07) is 8.92. The third kappa shape index (κ3) is 3.20. The van der Waals surface area contributed by atoms with Crippen LogP contribution in [0.15, 0.2) is 36.5 Å². The Balaban J connectivity index is 1.80. The van der Waals surface area contributed by atoms with Crippen molar-refractivity contribution in [2.24, 2.45) is 0 Å². The highest BCUT2D eigenvalue weighted by Crippen LogP contribution is 2.31. The fourth-order valence-electron chi connectivity index (χ4n) is 2.88. The molecule has 0 aliphatic carbocycles. The molecule has 0 spiro atoms. The topological polar surface area (TPSA) is 58.6 Å². The number of amides is 1. The number of likely N-dealkylation sites (N-methyl/N-ethyl adjacent to an activating group) is 1. The van der Waals surface area contributed by atoms with Gasteiger partial charge in [-0.2, -0.15) is 0 Å². The second-order valence-corrected chi connectivity index (χ2v) is 6.03. The average molecular weight is 347 g/mol. The first kappa shape index (κ1) is 16.7. The number of aromatic nitrogens is 2. The zero-order chi connectivity index (χ0) is 17.1. The largest absolute Gasteiger partial charge is 0.377 e. The molecule has 1 atom stereocenters. The fourth-order valence-corrected chi connectivity index (χ4v) is 3.11. The molecule has 24 heavy (non-hydrogen) atoms. The van der Waals surface area contributed by atoms with Crippen LogP contribution in [0.25, 0.3) is 0 Å². The van der Waals surface area contributed by atoms with Crippen molar-refractivity contribution < 1.29 is 9.53 Å². The zero-order valence-electron chi connectivity index (χ0n) is 13.6. The maximum Gasteiger partial charge on any atom is 0.249 e. The minimum absolute atomic E-state index is 0.0255. The molecule has 6 nitrogen and oxygen atoms in total. The van der Waals surface area contributed by atoms with Gasteiger partial charge in [-0.3, -0.25) is 4.79 Å². The van der Waals surface area contributed by atoms with Crippen LogP contribution < -0.4 is 9.80 Å². The summed E-state index contributed by atoms with van der Waals surface area (Å²) in [5.41, 5.74) is 0.753. The number of halogens is 1. The van der Waals surface area contributed by atoms with Gasteiger partial charge in [-0.25, -0.2) is 9.97 Å². The molecule has 1 unspecified atom stereocenters. The Morgan fingerprint density at radius 2 is 2.17 bits per heavy atom. The van der Waals surface area contributed by atoms with Crippen LogP contribution in [0.2, 0.25) is 5.02 Å². The molecule has 1 aromatic heterocycles. The molecule has 1 saturated heterocycles. The van der Waals surface area contributed by atoms with Gasteiger partial charge in [0.15, 0.2) is 5.82 Å². The first-order valence-electron chi connectivity index (χ1n) is 7.71. The minimum Gasteiger partial charge on any atom is -0.377 e. The van der Waals surface area contributed by atoms with Crippen molar-refractivity contribution in [1.29, 1.82) is 0 Å². The molecule has 0 saturated carbocycles. The number of ether oxygens (including phenoxy) is 1. The van der Waals surface area contributed by atoms with Crippen LogP contribution in [-0.2, 0) is 16.1 Å². The Labute approximate surface area is 146 Å². The lowest BCUT2D eigenvalue weighted by atomic mass is 10.2. The van der Waals surface area contributed by atoms with Gasteiger partial charge in [0.25, 0.3) is 0 Å². The van der Waals surface area contributed by atoms with Crippen molar-refractivity contribution in [1.82, 2.24) is 9.97 Å². The Morgan fingerprint density at radius 1 is 1.38 bits per heavy atom. The Bertz CT molecular complexity index is 740. The molecular formula is C17H19ClN4O2. The summed E-state index contributed by atoms with van der Waals surface area (Å²) in [5.74, 6) is 1.32. The van der Waals surface area contributed by atoms with E-state index in [2.05, 4.69) is 9.97 Å². The average Bonchev–Trinajstić information content (AvgIpc) is 2.97. The van der Waals surface area contributed by atoms with Gasteiger partial charge < -0.3 is 14.5 Å². The molecular weight excluding hydrogens is 328 g/mol. The van der Waals surface area contributed by atoms with Gasteiger partial charge in [0.1, 0.15) is 18.5 Å². The molecule has 3 rings (SSSR count). The van der Waals surface area contributed by atoms with Crippen LogP contribution in [0.3, 0.4) is 0 Å². The zero-order valence-corrected chi connectivity index (χ0v) is 14.4. The van der Waals surface area contributed by atoms with Crippen LogP contribution in [0.4, 0.5) is 11.5 Å². The molecule has 0 N–H and O–H groups in total. The number of carbonyl (C=O) groups is 1. The molecule has 0 bridgehead atoms. The molecule has 2 heterocycles. The van der Waals surface area contributed by atoms with Gasteiger partial charge in [0, 0.05) is 26.9 Å². The summed E-state index contributed by atoms with van der Waals surface area (Å²) in [4.78, 5) is 25.1. The SMILES string of the molecule is COCc1nccc(N(C)C2CCN(c3ccccc3Cl)C2=O)n1. The minimum atomic E-state index is -0.272. The second-order valence-electron chi connectivity index (χ2n) is 5.62. The van der Waals surface area contributed by atoms with Gasteiger partial charge in [-0.1, -0.05) is 23.7 Å². The normalized spacial score (nSPS) is 17.4. The Morgan fingerprint density at radius 3 is 2.92 bits per heavy atom. The fraction of sp³-hybridized carbons (Fsp3) is 0.353. The van der Waals surface area contributed by atoms with E-state index in [1.807, 2.05) is 30.1 Å². The smallest absolute Gasteiger partial charge is 0.249 e. The van der Waals surface area contributed by atoms with Crippen molar-refractivity contribution in [3.8, 4) is 0 Å². The van der Waals surface area contributed by atoms with Crippen LogP contribution >= 0.6 is 11.6 Å². The highest BCUT2D eigenvalue weighted by Gasteiger charge is 2.36. The number of anilines is 2. The number of para-hydroxylation sites is 1. The monoisotopic (exact) mass is 346 g/mol. The van der Waals surface area contributed by atoms with Crippen molar-refractivity contribution in [2.45, 2.75) is 19.1 Å². The third-order valence-corrected chi connectivity index (χ3v) is 4.43. The highest BCUT2D eigenvalue weighted by molar-refractivity contribution is 6.34. The summed E-state index contributed by atoms with van der Waals surface area (Å²) in [7, 11) is 3.47. The lowest BCUT2D eigenvalue weighted by Crippen LogP contribution is -2.40. The van der Waals surface area contributed by atoms with E-state index in [-0.39, 0.29) is 11.9 Å². The molecule has 1 amide bonds. The number of nitrogens with zero attached hydrogens (tertiary/aromatic N) is 4. The van der Waals surface area contributed by atoms with Gasteiger partial charge >= 0.3 is 0 Å². The van der Waals surface area contributed by atoms with Gasteiger partial charge in [0.05, 0.1) is 10.7 Å². The Hall–Kier alpha value is -2.18.